The number of carbonyl (C=O) groups excluding carboxylic acids is 3. The van der Waals surface area contributed by atoms with E-state index in [4.69, 9.17) is 4.74 Å². The van der Waals surface area contributed by atoms with Crippen LogP contribution in [0.1, 0.15) is 77.8 Å². The molecular weight excluding hydrogens is 444 g/mol. The highest BCUT2D eigenvalue weighted by atomic mass is 16.5. The lowest BCUT2D eigenvalue weighted by atomic mass is 9.84. The molecule has 35 heavy (non-hydrogen) atoms. The van der Waals surface area contributed by atoms with Gasteiger partial charge in [0.25, 0.3) is 0 Å². The molecule has 2 amide bonds. The number of carbonyl (C=O) groups is 3. The Morgan fingerprint density at radius 2 is 1.80 bits per heavy atom. The van der Waals surface area contributed by atoms with Gasteiger partial charge in [0, 0.05) is 11.6 Å². The number of nitrogens with zero attached hydrogens (tertiary/aromatic N) is 2. The number of hydrogen-bond acceptors (Lipinski definition) is 5. The Kier molecular flexibility index (Phi) is 9.07. The van der Waals surface area contributed by atoms with Gasteiger partial charge in [0.1, 0.15) is 6.04 Å². The number of imidazole rings is 1. The molecular formula is C27H38N4O4. The summed E-state index contributed by atoms with van der Waals surface area (Å²) >= 11 is 0. The Bertz CT molecular complexity index is 990. The van der Waals surface area contributed by atoms with E-state index < -0.39 is 23.5 Å². The van der Waals surface area contributed by atoms with Crippen LogP contribution in [0.3, 0.4) is 0 Å². The van der Waals surface area contributed by atoms with Crippen LogP contribution >= 0.6 is 0 Å². The van der Waals surface area contributed by atoms with Gasteiger partial charge in [0.15, 0.2) is 11.9 Å². The molecule has 1 aromatic heterocycles. The lowest BCUT2D eigenvalue weighted by Crippen LogP contribution is -2.48. The molecule has 2 atom stereocenters. The van der Waals surface area contributed by atoms with Crippen molar-refractivity contribution >= 4 is 23.6 Å². The number of amides is 2. The van der Waals surface area contributed by atoms with Crippen LogP contribution in [0.25, 0.3) is 0 Å². The first-order valence-corrected chi connectivity index (χ1v) is 12.6. The summed E-state index contributed by atoms with van der Waals surface area (Å²) in [4.78, 5) is 43.0. The van der Waals surface area contributed by atoms with Crippen LogP contribution in [0, 0.1) is 11.3 Å². The molecule has 0 spiro atoms. The number of nitrogens with one attached hydrogen (secondary N) is 2. The summed E-state index contributed by atoms with van der Waals surface area (Å²) in [6, 6.07) is 7.93. The molecule has 0 aliphatic heterocycles. The van der Waals surface area contributed by atoms with E-state index in [0.29, 0.717) is 18.2 Å². The first-order valence-electron chi connectivity index (χ1n) is 12.6. The zero-order chi connectivity index (χ0) is 25.4. The standard InChI is InChI=1S/C27H38N4O4/c1-5-35-25(33)23(20-14-10-7-11-15-20)31-17-22(28-18-31)30-24(32)21(29-26(34)27(2,3)4)16-19-12-8-6-9-13-19/h7,10-11,14-15,17-19,21,23H,5-6,8-9,12-13,16H2,1-4H3,(H,29,34)(H,30,32)/t21-,23?/m1/s1. The van der Waals surface area contributed by atoms with Crippen molar-refractivity contribution in [2.45, 2.75) is 78.3 Å². The monoisotopic (exact) mass is 482 g/mol. The summed E-state index contributed by atoms with van der Waals surface area (Å²) in [6.07, 6.45) is 9.41. The van der Waals surface area contributed by atoms with E-state index in [1.807, 2.05) is 51.1 Å². The van der Waals surface area contributed by atoms with Crippen molar-refractivity contribution in [1.82, 2.24) is 14.9 Å². The average molecular weight is 483 g/mol. The highest BCUT2D eigenvalue weighted by Gasteiger charge is 2.31. The highest BCUT2D eigenvalue weighted by Crippen LogP contribution is 2.28. The molecule has 0 radical (unpaired) electrons. The quantitative estimate of drug-likeness (QED) is 0.513. The molecule has 190 valence electrons. The van der Waals surface area contributed by atoms with Crippen LogP contribution < -0.4 is 10.6 Å². The topological polar surface area (TPSA) is 102 Å². The molecule has 1 aliphatic carbocycles. The van der Waals surface area contributed by atoms with Gasteiger partial charge in [0.2, 0.25) is 11.8 Å². The molecule has 8 nitrogen and oxygen atoms in total. The van der Waals surface area contributed by atoms with E-state index in [9.17, 15) is 14.4 Å². The zero-order valence-corrected chi connectivity index (χ0v) is 21.3. The molecule has 8 heteroatoms. The Morgan fingerprint density at radius 1 is 1.11 bits per heavy atom. The minimum Gasteiger partial charge on any atom is -0.464 e. The summed E-state index contributed by atoms with van der Waals surface area (Å²) in [5, 5.41) is 5.80. The number of aromatic nitrogens is 2. The predicted octanol–water partition coefficient (Wildman–Crippen LogP) is 4.48. The van der Waals surface area contributed by atoms with Crippen molar-refractivity contribution in [3.05, 3.63) is 48.4 Å². The first-order chi connectivity index (χ1) is 16.7. The summed E-state index contributed by atoms with van der Waals surface area (Å²) in [5.41, 5.74) is 0.156. The summed E-state index contributed by atoms with van der Waals surface area (Å²) in [6.45, 7) is 7.52. The molecule has 0 bridgehead atoms. The predicted molar refractivity (Wildman–Crippen MR) is 135 cm³/mol. The van der Waals surface area contributed by atoms with Crippen molar-refractivity contribution in [3.63, 3.8) is 0 Å². The van der Waals surface area contributed by atoms with Crippen molar-refractivity contribution < 1.29 is 19.1 Å². The molecule has 1 heterocycles. The third kappa shape index (κ3) is 7.41. The van der Waals surface area contributed by atoms with Crippen LogP contribution in [0.15, 0.2) is 42.9 Å². The van der Waals surface area contributed by atoms with E-state index in [1.165, 1.54) is 12.7 Å². The molecule has 2 N–H and O–H groups in total. The molecule has 1 unspecified atom stereocenters. The maximum Gasteiger partial charge on any atom is 0.333 e. The van der Waals surface area contributed by atoms with Crippen molar-refractivity contribution in [2.75, 3.05) is 11.9 Å². The molecule has 1 saturated carbocycles. The Morgan fingerprint density at radius 3 is 2.43 bits per heavy atom. The fourth-order valence-electron chi connectivity index (χ4n) is 4.40. The maximum absolute atomic E-state index is 13.3. The van der Waals surface area contributed by atoms with Gasteiger partial charge in [-0.3, -0.25) is 9.59 Å². The van der Waals surface area contributed by atoms with Crippen molar-refractivity contribution in [3.8, 4) is 0 Å². The second-order valence-corrected chi connectivity index (χ2v) is 10.3. The highest BCUT2D eigenvalue weighted by molar-refractivity contribution is 5.97. The normalized spacial score (nSPS) is 16.2. The number of hydrogen-bond donors (Lipinski definition) is 2. The van der Waals surface area contributed by atoms with Crippen LogP contribution in [0.4, 0.5) is 5.82 Å². The second kappa shape index (κ2) is 12.0. The molecule has 1 aliphatic rings. The minimum absolute atomic E-state index is 0.162. The van der Waals surface area contributed by atoms with Gasteiger partial charge in [-0.05, 0) is 24.8 Å². The number of esters is 1. The third-order valence-electron chi connectivity index (χ3n) is 6.37. The van der Waals surface area contributed by atoms with Gasteiger partial charge in [0.05, 0.1) is 12.9 Å². The molecule has 0 saturated heterocycles. The van der Waals surface area contributed by atoms with Crippen molar-refractivity contribution in [1.29, 1.82) is 0 Å². The third-order valence-corrected chi connectivity index (χ3v) is 6.37. The number of anilines is 1. The van der Waals surface area contributed by atoms with E-state index >= 15 is 0 Å². The molecule has 3 rings (SSSR count). The summed E-state index contributed by atoms with van der Waals surface area (Å²) in [7, 11) is 0. The Balaban J connectivity index is 1.77. The largest absolute Gasteiger partial charge is 0.464 e. The fraction of sp³-hybridized carbons (Fsp3) is 0.556. The number of ether oxygens (including phenoxy) is 1. The molecule has 2 aromatic rings. The van der Waals surface area contributed by atoms with Gasteiger partial charge >= 0.3 is 5.97 Å². The summed E-state index contributed by atoms with van der Waals surface area (Å²) < 4.78 is 6.91. The van der Waals surface area contributed by atoms with Crippen LogP contribution in [-0.4, -0.2) is 40.0 Å². The Labute approximate surface area is 207 Å². The van der Waals surface area contributed by atoms with Crippen LogP contribution in [0.5, 0.6) is 0 Å². The van der Waals surface area contributed by atoms with Gasteiger partial charge in [-0.2, -0.15) is 0 Å². The zero-order valence-electron chi connectivity index (χ0n) is 21.3. The lowest BCUT2D eigenvalue weighted by molar-refractivity contribution is -0.145. The van der Waals surface area contributed by atoms with E-state index in [0.717, 1.165) is 31.2 Å². The first kappa shape index (κ1) is 26.4. The lowest BCUT2D eigenvalue weighted by Gasteiger charge is -2.28. The van der Waals surface area contributed by atoms with Gasteiger partial charge < -0.3 is 19.9 Å². The van der Waals surface area contributed by atoms with Crippen LogP contribution in [-0.2, 0) is 19.1 Å². The summed E-state index contributed by atoms with van der Waals surface area (Å²) in [5.74, 6) is -0.139. The second-order valence-electron chi connectivity index (χ2n) is 10.3. The van der Waals surface area contributed by atoms with E-state index in [-0.39, 0.29) is 18.4 Å². The van der Waals surface area contributed by atoms with E-state index in [2.05, 4.69) is 15.6 Å². The van der Waals surface area contributed by atoms with Crippen LogP contribution in [0.2, 0.25) is 0 Å². The van der Waals surface area contributed by atoms with Gasteiger partial charge in [-0.1, -0.05) is 83.2 Å². The fourth-order valence-corrected chi connectivity index (χ4v) is 4.40. The minimum atomic E-state index is -0.715. The maximum atomic E-state index is 13.3. The Hall–Kier alpha value is -3.16. The molecule has 1 aromatic carbocycles. The number of benzene rings is 1. The number of rotatable bonds is 9. The van der Waals surface area contributed by atoms with E-state index in [1.54, 1.807) is 17.7 Å². The molecule has 1 fully saturated rings. The van der Waals surface area contributed by atoms with Gasteiger partial charge in [-0.15, -0.1) is 0 Å². The smallest absolute Gasteiger partial charge is 0.333 e. The SMILES string of the molecule is CCOC(=O)C(c1ccccc1)n1cnc(NC(=O)[C@@H](CC2CCCCC2)NC(=O)C(C)(C)C)c1. The average Bonchev–Trinajstić information content (AvgIpc) is 3.27. The van der Waals surface area contributed by atoms with Crippen molar-refractivity contribution in [2.24, 2.45) is 11.3 Å². The van der Waals surface area contributed by atoms with Gasteiger partial charge in [-0.25, -0.2) is 9.78 Å².